The summed E-state index contributed by atoms with van der Waals surface area (Å²) in [5.74, 6) is 0.253. The number of nitrogens with zero attached hydrogens (tertiary/aromatic N) is 2. The number of imidazole rings is 1. The van der Waals surface area contributed by atoms with Crippen LogP contribution in [0.5, 0.6) is 5.75 Å². The highest BCUT2D eigenvalue weighted by Crippen LogP contribution is 2.43. The van der Waals surface area contributed by atoms with Crippen LogP contribution in [-0.4, -0.2) is 44.9 Å². The number of fused-ring (bicyclic) bond motifs is 3. The van der Waals surface area contributed by atoms with Crippen LogP contribution in [-0.2, 0) is 4.79 Å². The molecule has 2 heterocycles. The number of ether oxygens (including phenoxy) is 1. The Balaban J connectivity index is 1.60. The highest BCUT2D eigenvalue weighted by molar-refractivity contribution is 6.31. The fourth-order valence-electron chi connectivity index (χ4n) is 5.94. The van der Waals surface area contributed by atoms with Gasteiger partial charge in [0.15, 0.2) is 0 Å². The molecule has 7 nitrogen and oxygen atoms in total. The highest BCUT2D eigenvalue weighted by atomic mass is 35.5. The molecule has 2 fully saturated rings. The van der Waals surface area contributed by atoms with Crippen LogP contribution in [0.2, 0.25) is 5.02 Å². The standard InChI is InChI=1S/C26H32ClN3O4/c1-14-6-8-19-21(28-14)10-11-22-23(19)29-25(24(31)18-9-7-17(34-2)13-20(18)27)30(22)16-5-3-4-15(12-16)26(32)33/h7,9-11,13-16,19,21,24,28,31H,3-6,8,12H2,1-2H3,(H,32,33). The second-order valence-corrected chi connectivity index (χ2v) is 10.3. The average molecular weight is 486 g/mol. The van der Waals surface area contributed by atoms with E-state index in [1.54, 1.807) is 25.3 Å². The summed E-state index contributed by atoms with van der Waals surface area (Å²) in [7, 11) is 1.58. The number of halogens is 1. The maximum absolute atomic E-state index is 11.8. The first-order valence-corrected chi connectivity index (χ1v) is 12.6. The van der Waals surface area contributed by atoms with Gasteiger partial charge in [-0.3, -0.25) is 4.79 Å². The molecular formula is C26H32ClN3O4. The fraction of sp³-hybridized carbons (Fsp3) is 0.538. The monoisotopic (exact) mass is 485 g/mol. The van der Waals surface area contributed by atoms with Crippen molar-refractivity contribution in [3.63, 3.8) is 0 Å². The number of methoxy groups -OCH3 is 1. The van der Waals surface area contributed by atoms with Crippen molar-refractivity contribution in [2.75, 3.05) is 7.11 Å². The van der Waals surface area contributed by atoms with E-state index in [9.17, 15) is 15.0 Å². The summed E-state index contributed by atoms with van der Waals surface area (Å²) in [6.07, 6.45) is 8.28. The minimum Gasteiger partial charge on any atom is -0.497 e. The molecule has 6 unspecified atom stereocenters. The summed E-state index contributed by atoms with van der Waals surface area (Å²) in [6.45, 7) is 2.20. The molecule has 2 aliphatic carbocycles. The molecular weight excluding hydrogens is 454 g/mol. The van der Waals surface area contributed by atoms with Crippen molar-refractivity contribution < 1.29 is 19.7 Å². The minimum atomic E-state index is -1.03. The Bertz CT molecular complexity index is 1110. The van der Waals surface area contributed by atoms with Crippen molar-refractivity contribution >= 4 is 23.6 Å². The smallest absolute Gasteiger partial charge is 0.306 e. The number of rotatable bonds is 5. The maximum atomic E-state index is 11.8. The number of aliphatic hydroxyl groups excluding tert-OH is 1. The molecule has 0 bridgehead atoms. The lowest BCUT2D eigenvalue weighted by molar-refractivity contribution is -0.143. The van der Waals surface area contributed by atoms with Crippen LogP contribution in [0.25, 0.3) is 6.08 Å². The van der Waals surface area contributed by atoms with Gasteiger partial charge >= 0.3 is 5.97 Å². The maximum Gasteiger partial charge on any atom is 0.306 e. The third kappa shape index (κ3) is 4.14. The molecule has 1 aromatic carbocycles. The molecule has 0 amide bonds. The average Bonchev–Trinajstić information content (AvgIpc) is 3.23. The molecule has 182 valence electrons. The first kappa shape index (κ1) is 23.4. The summed E-state index contributed by atoms with van der Waals surface area (Å²) in [5, 5.41) is 25.3. The number of hydrogen-bond acceptors (Lipinski definition) is 5. The van der Waals surface area contributed by atoms with Crippen molar-refractivity contribution in [2.45, 2.75) is 75.6 Å². The van der Waals surface area contributed by atoms with Gasteiger partial charge in [-0.15, -0.1) is 0 Å². The van der Waals surface area contributed by atoms with Crippen molar-refractivity contribution in [1.82, 2.24) is 14.9 Å². The lowest BCUT2D eigenvalue weighted by atomic mass is 9.81. The summed E-state index contributed by atoms with van der Waals surface area (Å²) < 4.78 is 7.38. The molecule has 5 rings (SSSR count). The molecule has 8 heteroatoms. The predicted octanol–water partition coefficient (Wildman–Crippen LogP) is 4.69. The van der Waals surface area contributed by atoms with Crippen molar-refractivity contribution in [3.8, 4) is 5.75 Å². The number of nitrogens with one attached hydrogen (secondary N) is 1. The molecule has 1 aliphatic heterocycles. The Labute approximate surface area is 204 Å². The van der Waals surface area contributed by atoms with Crippen molar-refractivity contribution in [3.05, 3.63) is 52.1 Å². The number of piperidine rings is 1. The Hall–Kier alpha value is -2.35. The molecule has 1 saturated heterocycles. The fourth-order valence-corrected chi connectivity index (χ4v) is 6.22. The number of carbonyl (C=O) groups is 1. The SMILES string of the molecule is COc1ccc(C(O)c2nc3c(n2C2CCCC(C(=O)O)C2)C=CC2NC(C)CCC32)c(Cl)c1. The van der Waals surface area contributed by atoms with E-state index in [1.807, 2.05) is 0 Å². The molecule has 0 radical (unpaired) electrons. The van der Waals surface area contributed by atoms with Crippen LogP contribution in [0.1, 0.15) is 86.3 Å². The molecule has 0 spiro atoms. The number of carboxylic acid groups (broad SMARTS) is 1. The molecule has 3 aliphatic rings. The van der Waals surface area contributed by atoms with Crippen LogP contribution in [0.3, 0.4) is 0 Å². The molecule has 2 aromatic rings. The summed E-state index contributed by atoms with van der Waals surface area (Å²) >= 11 is 6.53. The van der Waals surface area contributed by atoms with E-state index in [2.05, 4.69) is 29.0 Å². The van der Waals surface area contributed by atoms with Gasteiger partial charge in [-0.2, -0.15) is 0 Å². The van der Waals surface area contributed by atoms with Gasteiger partial charge in [-0.25, -0.2) is 4.98 Å². The number of aliphatic hydroxyl groups is 1. The van der Waals surface area contributed by atoms with Crippen LogP contribution < -0.4 is 10.1 Å². The number of aromatic nitrogens is 2. The van der Waals surface area contributed by atoms with Gasteiger partial charge in [0.25, 0.3) is 0 Å². The Morgan fingerprint density at radius 3 is 2.85 bits per heavy atom. The van der Waals surface area contributed by atoms with Gasteiger partial charge in [-0.05, 0) is 57.2 Å². The number of carboxylic acids is 1. The molecule has 6 atom stereocenters. The van der Waals surface area contributed by atoms with Gasteiger partial charge in [0.1, 0.15) is 17.7 Å². The van der Waals surface area contributed by atoms with Crippen LogP contribution in [0.15, 0.2) is 24.3 Å². The number of hydrogen-bond donors (Lipinski definition) is 3. The molecule has 1 saturated carbocycles. The summed E-state index contributed by atoms with van der Waals surface area (Å²) in [6, 6.07) is 5.87. The van der Waals surface area contributed by atoms with Crippen LogP contribution in [0.4, 0.5) is 0 Å². The quantitative estimate of drug-likeness (QED) is 0.568. The Kier molecular flexibility index (Phi) is 6.44. The molecule has 1 aromatic heterocycles. The van der Waals surface area contributed by atoms with E-state index in [-0.39, 0.29) is 23.9 Å². The first-order chi connectivity index (χ1) is 16.4. The molecule has 34 heavy (non-hydrogen) atoms. The molecule has 3 N–H and O–H groups in total. The van der Waals surface area contributed by atoms with E-state index in [0.717, 1.165) is 37.1 Å². The van der Waals surface area contributed by atoms with Gasteiger partial charge in [0, 0.05) is 29.6 Å². The lowest BCUT2D eigenvalue weighted by Crippen LogP contribution is -2.45. The van der Waals surface area contributed by atoms with Gasteiger partial charge in [0.05, 0.1) is 29.4 Å². The zero-order valence-electron chi connectivity index (χ0n) is 19.6. The van der Waals surface area contributed by atoms with E-state index in [0.29, 0.717) is 41.0 Å². The Morgan fingerprint density at radius 2 is 2.12 bits per heavy atom. The lowest BCUT2D eigenvalue weighted by Gasteiger charge is -2.37. The second kappa shape index (κ2) is 9.36. The van der Waals surface area contributed by atoms with Gasteiger partial charge in [0.2, 0.25) is 0 Å². The first-order valence-electron chi connectivity index (χ1n) is 12.2. The Morgan fingerprint density at radius 1 is 1.29 bits per heavy atom. The van der Waals surface area contributed by atoms with E-state index in [4.69, 9.17) is 21.3 Å². The number of benzene rings is 1. The van der Waals surface area contributed by atoms with Crippen molar-refractivity contribution in [1.29, 1.82) is 0 Å². The number of aliphatic carboxylic acids is 1. The summed E-state index contributed by atoms with van der Waals surface area (Å²) in [4.78, 5) is 16.8. The van der Waals surface area contributed by atoms with Gasteiger partial charge in [-0.1, -0.05) is 30.2 Å². The van der Waals surface area contributed by atoms with E-state index >= 15 is 0 Å². The van der Waals surface area contributed by atoms with E-state index < -0.39 is 12.1 Å². The van der Waals surface area contributed by atoms with Crippen LogP contribution >= 0.6 is 11.6 Å². The van der Waals surface area contributed by atoms with Gasteiger partial charge < -0.3 is 24.8 Å². The van der Waals surface area contributed by atoms with Crippen molar-refractivity contribution in [2.24, 2.45) is 5.92 Å². The zero-order valence-corrected chi connectivity index (χ0v) is 20.3. The third-order valence-corrected chi connectivity index (χ3v) is 8.07. The normalized spacial score (nSPS) is 29.2. The van der Waals surface area contributed by atoms with E-state index in [1.165, 1.54) is 0 Å². The summed E-state index contributed by atoms with van der Waals surface area (Å²) in [5.41, 5.74) is 2.54. The minimum absolute atomic E-state index is 0.0375. The highest BCUT2D eigenvalue weighted by Gasteiger charge is 2.39. The second-order valence-electron chi connectivity index (χ2n) is 9.89. The topological polar surface area (TPSA) is 96.6 Å². The zero-order chi connectivity index (χ0) is 24.0. The third-order valence-electron chi connectivity index (χ3n) is 7.75. The predicted molar refractivity (Wildman–Crippen MR) is 130 cm³/mol. The van der Waals surface area contributed by atoms with Crippen LogP contribution in [0, 0.1) is 5.92 Å². The largest absolute Gasteiger partial charge is 0.497 e.